The third kappa shape index (κ3) is 4.42. The molecule has 2 rings (SSSR count). The summed E-state index contributed by atoms with van der Waals surface area (Å²) in [6, 6.07) is 6.81. The van der Waals surface area contributed by atoms with Gasteiger partial charge in [-0.15, -0.1) is 0 Å². The van der Waals surface area contributed by atoms with Gasteiger partial charge in [0.2, 0.25) is 0 Å². The van der Waals surface area contributed by atoms with Gasteiger partial charge in [0.25, 0.3) is 0 Å². The zero-order valence-corrected chi connectivity index (χ0v) is 11.8. The molecule has 1 heterocycles. The molecule has 19 heavy (non-hydrogen) atoms. The van der Waals surface area contributed by atoms with Crippen LogP contribution in [-0.4, -0.2) is 47.5 Å². The van der Waals surface area contributed by atoms with Gasteiger partial charge in [0.15, 0.2) is 0 Å². The van der Waals surface area contributed by atoms with Crippen LogP contribution in [0.15, 0.2) is 24.3 Å². The van der Waals surface area contributed by atoms with E-state index >= 15 is 0 Å². The van der Waals surface area contributed by atoms with Gasteiger partial charge in [-0.1, -0.05) is 12.1 Å². The van der Waals surface area contributed by atoms with E-state index in [0.717, 1.165) is 24.5 Å². The van der Waals surface area contributed by atoms with Crippen molar-refractivity contribution in [2.75, 3.05) is 19.0 Å². The summed E-state index contributed by atoms with van der Waals surface area (Å²) in [7, 11) is -1.42. The molecule has 6 heteroatoms. The maximum Gasteiger partial charge on any atom is 0.488 e. The summed E-state index contributed by atoms with van der Waals surface area (Å²) in [6.07, 6.45) is 1.46. The molecule has 1 aliphatic rings. The first-order chi connectivity index (χ1) is 9.16. The molecule has 0 spiro atoms. The Morgan fingerprint density at radius 1 is 1.37 bits per heavy atom. The highest BCUT2D eigenvalue weighted by molar-refractivity contribution is 8.00. The smallest absolute Gasteiger partial charge is 0.488 e. The van der Waals surface area contributed by atoms with Crippen molar-refractivity contribution in [2.45, 2.75) is 24.7 Å². The number of thioether (sulfide) groups is 1. The molecule has 104 valence electrons. The number of hydrogen-bond donors (Lipinski definition) is 2. The van der Waals surface area contributed by atoms with Crippen LogP contribution in [0.3, 0.4) is 0 Å². The van der Waals surface area contributed by atoms with Gasteiger partial charge in [0.05, 0.1) is 12.7 Å². The van der Waals surface area contributed by atoms with Crippen LogP contribution in [0.2, 0.25) is 0 Å². The molecular weight excluding hydrogens is 263 g/mol. The number of benzene rings is 1. The lowest BCUT2D eigenvalue weighted by Crippen LogP contribution is -2.29. The molecule has 1 aliphatic heterocycles. The van der Waals surface area contributed by atoms with Crippen molar-refractivity contribution in [3.8, 4) is 5.75 Å². The van der Waals surface area contributed by atoms with Crippen LogP contribution >= 0.6 is 11.8 Å². The second kappa shape index (κ2) is 7.19. The van der Waals surface area contributed by atoms with Crippen molar-refractivity contribution in [2.24, 2.45) is 0 Å². The monoisotopic (exact) mass is 282 g/mol. The third-order valence-corrected chi connectivity index (χ3v) is 4.62. The molecule has 0 amide bonds. The average molecular weight is 282 g/mol. The Kier molecular flexibility index (Phi) is 5.57. The Morgan fingerprint density at radius 2 is 2.11 bits per heavy atom. The van der Waals surface area contributed by atoms with E-state index in [1.54, 1.807) is 24.3 Å². The first-order valence-electron chi connectivity index (χ1n) is 6.49. The molecule has 1 fully saturated rings. The largest absolute Gasteiger partial charge is 0.493 e. The van der Waals surface area contributed by atoms with Crippen molar-refractivity contribution < 1.29 is 19.5 Å². The Morgan fingerprint density at radius 3 is 2.68 bits per heavy atom. The SMILES string of the molecule is CC1OCCC1SCCOc1ccc(B(O)O)cc1. The number of ether oxygens (including phenoxy) is 2. The van der Waals surface area contributed by atoms with Crippen molar-refractivity contribution >= 4 is 24.3 Å². The van der Waals surface area contributed by atoms with Gasteiger partial charge in [0, 0.05) is 17.6 Å². The van der Waals surface area contributed by atoms with E-state index in [-0.39, 0.29) is 0 Å². The highest BCUT2D eigenvalue weighted by atomic mass is 32.2. The minimum atomic E-state index is -1.42. The van der Waals surface area contributed by atoms with Crippen LogP contribution in [0.25, 0.3) is 0 Å². The predicted octanol–water partition coefficient (Wildman–Crippen LogP) is 0.656. The first-order valence-corrected chi connectivity index (χ1v) is 7.54. The maximum absolute atomic E-state index is 8.97. The molecule has 0 bridgehead atoms. The lowest BCUT2D eigenvalue weighted by molar-refractivity contribution is 0.127. The van der Waals surface area contributed by atoms with Gasteiger partial charge in [0.1, 0.15) is 5.75 Å². The lowest BCUT2D eigenvalue weighted by atomic mass is 9.80. The van der Waals surface area contributed by atoms with Crippen molar-refractivity contribution in [3.05, 3.63) is 24.3 Å². The van der Waals surface area contributed by atoms with Crippen LogP contribution in [0.1, 0.15) is 13.3 Å². The molecule has 0 radical (unpaired) electrons. The summed E-state index contributed by atoms with van der Waals surface area (Å²) in [4.78, 5) is 0. The summed E-state index contributed by atoms with van der Waals surface area (Å²) in [5, 5.41) is 18.5. The molecule has 1 aromatic carbocycles. The highest BCUT2D eigenvalue weighted by Gasteiger charge is 2.24. The van der Waals surface area contributed by atoms with Crippen molar-refractivity contribution in [1.82, 2.24) is 0 Å². The summed E-state index contributed by atoms with van der Waals surface area (Å²) >= 11 is 1.89. The Balaban J connectivity index is 1.68. The minimum absolute atomic E-state index is 0.343. The van der Waals surface area contributed by atoms with E-state index in [1.165, 1.54) is 0 Å². The van der Waals surface area contributed by atoms with Crippen LogP contribution < -0.4 is 10.2 Å². The molecule has 2 N–H and O–H groups in total. The van der Waals surface area contributed by atoms with E-state index in [9.17, 15) is 0 Å². The van der Waals surface area contributed by atoms with Gasteiger partial charge in [-0.25, -0.2) is 0 Å². The molecule has 0 aromatic heterocycles. The van der Waals surface area contributed by atoms with Crippen molar-refractivity contribution in [1.29, 1.82) is 0 Å². The van der Waals surface area contributed by atoms with E-state index in [4.69, 9.17) is 19.5 Å². The van der Waals surface area contributed by atoms with E-state index < -0.39 is 7.12 Å². The fourth-order valence-electron chi connectivity index (χ4n) is 2.03. The van der Waals surface area contributed by atoms with Crippen LogP contribution in [0.4, 0.5) is 0 Å². The molecule has 1 saturated heterocycles. The Labute approximate surface area is 118 Å². The topological polar surface area (TPSA) is 58.9 Å². The number of rotatable bonds is 6. The van der Waals surface area contributed by atoms with Crippen LogP contribution in [0, 0.1) is 0 Å². The maximum atomic E-state index is 8.97. The standard InChI is InChI=1S/C13H19BO4S/c1-10-13(6-7-17-10)19-9-8-18-12-4-2-11(3-5-12)14(15)16/h2-5,10,13,15-16H,6-9H2,1H3. The molecular formula is C13H19BO4S. The fraction of sp³-hybridized carbons (Fsp3) is 0.538. The normalized spacial score (nSPS) is 22.5. The van der Waals surface area contributed by atoms with Gasteiger partial charge >= 0.3 is 7.12 Å². The van der Waals surface area contributed by atoms with Crippen LogP contribution in [-0.2, 0) is 4.74 Å². The van der Waals surface area contributed by atoms with Gasteiger partial charge in [-0.05, 0) is 30.9 Å². The van der Waals surface area contributed by atoms with Gasteiger partial charge in [-0.2, -0.15) is 11.8 Å². The van der Waals surface area contributed by atoms with Crippen molar-refractivity contribution in [3.63, 3.8) is 0 Å². The summed E-state index contributed by atoms with van der Waals surface area (Å²) < 4.78 is 11.1. The predicted molar refractivity (Wildman–Crippen MR) is 78.0 cm³/mol. The molecule has 1 aromatic rings. The Hall–Kier alpha value is -0.685. The van der Waals surface area contributed by atoms with Gasteiger partial charge < -0.3 is 19.5 Å². The lowest BCUT2D eigenvalue weighted by Gasteiger charge is -2.13. The fourth-order valence-corrected chi connectivity index (χ4v) is 3.12. The zero-order valence-electron chi connectivity index (χ0n) is 11.0. The Bertz CT molecular complexity index is 385. The first kappa shape index (κ1) is 14.7. The minimum Gasteiger partial charge on any atom is -0.493 e. The number of hydrogen-bond acceptors (Lipinski definition) is 5. The van der Waals surface area contributed by atoms with Crippen LogP contribution in [0.5, 0.6) is 5.75 Å². The average Bonchev–Trinajstić information content (AvgIpc) is 2.81. The van der Waals surface area contributed by atoms with E-state index in [1.807, 2.05) is 11.8 Å². The van der Waals surface area contributed by atoms with Gasteiger partial charge in [-0.3, -0.25) is 0 Å². The molecule has 4 nitrogen and oxygen atoms in total. The van der Waals surface area contributed by atoms with E-state index in [2.05, 4.69) is 6.92 Å². The molecule has 2 unspecified atom stereocenters. The second-order valence-corrected chi connectivity index (χ2v) is 5.91. The zero-order chi connectivity index (χ0) is 13.7. The second-order valence-electron chi connectivity index (χ2n) is 4.56. The molecule has 2 atom stereocenters. The summed E-state index contributed by atoms with van der Waals surface area (Å²) in [5.74, 6) is 1.68. The quantitative estimate of drug-likeness (QED) is 0.593. The van der Waals surface area contributed by atoms with E-state index in [0.29, 0.717) is 23.4 Å². The molecule has 0 aliphatic carbocycles. The summed E-state index contributed by atoms with van der Waals surface area (Å²) in [5.41, 5.74) is 0.471. The summed E-state index contributed by atoms with van der Waals surface area (Å²) in [6.45, 7) is 3.63. The highest BCUT2D eigenvalue weighted by Crippen LogP contribution is 2.26. The third-order valence-electron chi connectivity index (χ3n) is 3.17. The molecule has 0 saturated carbocycles.